The molecule has 0 heterocycles. The van der Waals surface area contributed by atoms with E-state index in [2.05, 4.69) is 11.4 Å². The lowest BCUT2D eigenvalue weighted by Crippen LogP contribution is -2.01. The molecule has 2 aromatic carbocycles. The van der Waals surface area contributed by atoms with E-state index in [0.717, 1.165) is 11.3 Å². The monoisotopic (exact) mass is 263 g/mol. The Morgan fingerprint density at radius 2 is 1.75 bits per heavy atom. The van der Waals surface area contributed by atoms with Crippen molar-refractivity contribution < 1.29 is 4.74 Å². The van der Waals surface area contributed by atoms with E-state index in [9.17, 15) is 0 Å². The first-order valence-corrected chi connectivity index (χ1v) is 6.15. The summed E-state index contributed by atoms with van der Waals surface area (Å²) in [6.07, 6.45) is 0. The highest BCUT2D eigenvalue weighted by Crippen LogP contribution is 2.16. The van der Waals surface area contributed by atoms with Gasteiger partial charge in [-0.15, -0.1) is 0 Å². The van der Waals surface area contributed by atoms with Gasteiger partial charge in [-0.3, -0.25) is 0 Å². The highest BCUT2D eigenvalue weighted by molar-refractivity contribution is 5.57. The van der Waals surface area contributed by atoms with Crippen LogP contribution in [0.1, 0.15) is 11.1 Å². The predicted molar refractivity (Wildman–Crippen MR) is 76.0 cm³/mol. The molecule has 0 spiro atoms. The van der Waals surface area contributed by atoms with Crippen LogP contribution in [-0.4, -0.2) is 6.61 Å². The third kappa shape index (κ3) is 3.51. The molecule has 0 aliphatic heterocycles. The topological polar surface area (TPSA) is 68.8 Å². The van der Waals surface area contributed by atoms with Crippen molar-refractivity contribution in [1.82, 2.24) is 0 Å². The van der Waals surface area contributed by atoms with Gasteiger partial charge >= 0.3 is 0 Å². The van der Waals surface area contributed by atoms with Crippen LogP contribution in [0.15, 0.2) is 48.5 Å². The van der Waals surface area contributed by atoms with Gasteiger partial charge in [0.25, 0.3) is 0 Å². The number of nitrogens with one attached hydrogen (secondary N) is 1. The Morgan fingerprint density at radius 3 is 2.45 bits per heavy atom. The van der Waals surface area contributed by atoms with Crippen LogP contribution in [-0.2, 0) is 6.54 Å². The Kier molecular flexibility index (Phi) is 4.59. The molecule has 0 aliphatic carbocycles. The molecule has 0 saturated carbocycles. The number of nitrogens with zero attached hydrogens (tertiary/aromatic N) is 2. The third-order valence-corrected chi connectivity index (χ3v) is 2.76. The summed E-state index contributed by atoms with van der Waals surface area (Å²) in [6.45, 7) is 0.671. The highest BCUT2D eigenvalue weighted by atomic mass is 16.5. The molecule has 0 unspecified atom stereocenters. The van der Waals surface area contributed by atoms with Gasteiger partial charge in [0, 0.05) is 6.54 Å². The maximum Gasteiger partial charge on any atom is 0.174 e. The zero-order chi connectivity index (χ0) is 14.2. The summed E-state index contributed by atoms with van der Waals surface area (Å²) < 4.78 is 5.18. The second kappa shape index (κ2) is 6.82. The van der Waals surface area contributed by atoms with E-state index in [0.29, 0.717) is 17.9 Å². The molecule has 2 aromatic rings. The minimum absolute atomic E-state index is 0.0488. The molecule has 0 radical (unpaired) electrons. The van der Waals surface area contributed by atoms with Crippen molar-refractivity contribution in [3.8, 4) is 17.9 Å². The fraction of sp³-hybridized carbons (Fsp3) is 0.125. The maximum absolute atomic E-state index is 9.00. The number of rotatable bonds is 5. The number of hydrogen-bond donors (Lipinski definition) is 1. The van der Waals surface area contributed by atoms with Crippen LogP contribution in [0.25, 0.3) is 0 Å². The number of nitriles is 2. The van der Waals surface area contributed by atoms with Crippen LogP contribution in [0, 0.1) is 22.7 Å². The van der Waals surface area contributed by atoms with Crippen molar-refractivity contribution in [1.29, 1.82) is 10.5 Å². The molecule has 98 valence electrons. The predicted octanol–water partition coefficient (Wildman–Crippen LogP) is 3.07. The molecule has 0 aromatic heterocycles. The average molecular weight is 263 g/mol. The minimum atomic E-state index is 0.0488. The van der Waals surface area contributed by atoms with Crippen molar-refractivity contribution in [2.45, 2.75) is 6.54 Å². The SMILES string of the molecule is N#CCOc1ccc(CNc2ccccc2C#N)cc1. The van der Waals surface area contributed by atoms with E-state index in [4.69, 9.17) is 15.3 Å². The van der Waals surface area contributed by atoms with E-state index >= 15 is 0 Å². The molecule has 0 amide bonds. The first kappa shape index (κ1) is 13.5. The zero-order valence-electron chi connectivity index (χ0n) is 10.8. The molecule has 4 nitrogen and oxygen atoms in total. The Balaban J connectivity index is 1.98. The van der Waals surface area contributed by atoms with Crippen LogP contribution < -0.4 is 10.1 Å². The van der Waals surface area contributed by atoms with Crippen molar-refractivity contribution >= 4 is 5.69 Å². The molecule has 4 heteroatoms. The van der Waals surface area contributed by atoms with Crippen molar-refractivity contribution in [3.05, 3.63) is 59.7 Å². The molecular weight excluding hydrogens is 250 g/mol. The average Bonchev–Trinajstić information content (AvgIpc) is 2.52. The number of benzene rings is 2. The summed E-state index contributed by atoms with van der Waals surface area (Å²) >= 11 is 0. The van der Waals surface area contributed by atoms with Crippen LogP contribution in [0.2, 0.25) is 0 Å². The Labute approximate surface area is 117 Å². The van der Waals surface area contributed by atoms with Gasteiger partial charge in [0.15, 0.2) is 6.61 Å². The molecule has 2 rings (SSSR count). The van der Waals surface area contributed by atoms with Gasteiger partial charge in [-0.05, 0) is 29.8 Å². The van der Waals surface area contributed by atoms with Gasteiger partial charge in [-0.2, -0.15) is 10.5 Å². The molecule has 0 atom stereocenters. The van der Waals surface area contributed by atoms with E-state index < -0.39 is 0 Å². The van der Waals surface area contributed by atoms with Crippen molar-refractivity contribution in [3.63, 3.8) is 0 Å². The minimum Gasteiger partial charge on any atom is -0.479 e. The van der Waals surface area contributed by atoms with Crippen LogP contribution >= 0.6 is 0 Å². The van der Waals surface area contributed by atoms with Crippen LogP contribution in [0.4, 0.5) is 5.69 Å². The molecule has 0 aliphatic rings. The summed E-state index contributed by atoms with van der Waals surface area (Å²) in [5.41, 5.74) is 2.52. The standard InChI is InChI=1S/C16H13N3O/c17-9-10-20-15-7-5-13(6-8-15)12-19-16-4-2-1-3-14(16)11-18/h1-8,19H,10,12H2. The van der Waals surface area contributed by atoms with Crippen molar-refractivity contribution in [2.75, 3.05) is 11.9 Å². The number of para-hydroxylation sites is 1. The number of ether oxygens (including phenoxy) is 1. The van der Waals surface area contributed by atoms with E-state index in [1.165, 1.54) is 0 Å². The van der Waals surface area contributed by atoms with Gasteiger partial charge in [-0.1, -0.05) is 24.3 Å². The van der Waals surface area contributed by atoms with Gasteiger partial charge < -0.3 is 10.1 Å². The lowest BCUT2D eigenvalue weighted by atomic mass is 10.1. The zero-order valence-corrected chi connectivity index (χ0v) is 10.8. The van der Waals surface area contributed by atoms with Gasteiger partial charge in [0.1, 0.15) is 17.9 Å². The lowest BCUT2D eigenvalue weighted by Gasteiger charge is -2.08. The van der Waals surface area contributed by atoms with Crippen molar-refractivity contribution in [2.24, 2.45) is 0 Å². The lowest BCUT2D eigenvalue weighted by molar-refractivity contribution is 0.368. The van der Waals surface area contributed by atoms with E-state index in [1.807, 2.05) is 48.5 Å². The quantitative estimate of drug-likeness (QED) is 0.900. The number of hydrogen-bond acceptors (Lipinski definition) is 4. The first-order chi connectivity index (χ1) is 9.83. The Hall–Kier alpha value is -2.98. The van der Waals surface area contributed by atoms with E-state index in [-0.39, 0.29) is 6.61 Å². The molecule has 1 N–H and O–H groups in total. The smallest absolute Gasteiger partial charge is 0.174 e. The summed E-state index contributed by atoms with van der Waals surface area (Å²) in [5.74, 6) is 0.674. The fourth-order valence-electron chi connectivity index (χ4n) is 1.75. The Morgan fingerprint density at radius 1 is 1.00 bits per heavy atom. The summed E-state index contributed by atoms with van der Waals surface area (Å²) in [6, 6.07) is 19.0. The Bertz CT molecular complexity index is 651. The molecule has 0 saturated heterocycles. The molecule has 0 fully saturated rings. The maximum atomic E-state index is 9.00. The number of anilines is 1. The van der Waals surface area contributed by atoms with Gasteiger partial charge in [-0.25, -0.2) is 0 Å². The van der Waals surface area contributed by atoms with Gasteiger partial charge in [0.2, 0.25) is 0 Å². The van der Waals surface area contributed by atoms with Gasteiger partial charge in [0.05, 0.1) is 11.3 Å². The fourth-order valence-corrected chi connectivity index (χ4v) is 1.75. The summed E-state index contributed by atoms with van der Waals surface area (Å²) in [5, 5.41) is 20.7. The molecule has 20 heavy (non-hydrogen) atoms. The van der Waals surface area contributed by atoms with Crippen LogP contribution in [0.5, 0.6) is 5.75 Å². The van der Waals surface area contributed by atoms with E-state index in [1.54, 1.807) is 6.07 Å². The normalized spacial score (nSPS) is 9.30. The summed E-state index contributed by atoms with van der Waals surface area (Å²) in [4.78, 5) is 0. The highest BCUT2D eigenvalue weighted by Gasteiger charge is 2.00. The molecular formula is C16H13N3O. The summed E-state index contributed by atoms with van der Waals surface area (Å²) in [7, 11) is 0. The second-order valence-electron chi connectivity index (χ2n) is 4.10. The molecule has 0 bridgehead atoms. The first-order valence-electron chi connectivity index (χ1n) is 6.15. The van der Waals surface area contributed by atoms with Crippen LogP contribution in [0.3, 0.4) is 0 Å². The third-order valence-electron chi connectivity index (χ3n) is 2.76. The second-order valence-corrected chi connectivity index (χ2v) is 4.10. The largest absolute Gasteiger partial charge is 0.479 e.